The smallest absolute Gasteiger partial charge is 0.292 e. The molecule has 4 aromatic rings. The van der Waals surface area contributed by atoms with E-state index in [-0.39, 0.29) is 11.6 Å². The van der Waals surface area contributed by atoms with Gasteiger partial charge in [0, 0.05) is 23.9 Å². The van der Waals surface area contributed by atoms with Gasteiger partial charge in [-0.2, -0.15) is 4.68 Å². The first-order chi connectivity index (χ1) is 16.0. The molecule has 0 aliphatic carbocycles. The van der Waals surface area contributed by atoms with Crippen LogP contribution in [0.25, 0.3) is 16.8 Å². The number of imidazole rings is 1. The van der Waals surface area contributed by atoms with E-state index in [4.69, 9.17) is 0 Å². The van der Waals surface area contributed by atoms with Gasteiger partial charge in [0.1, 0.15) is 6.33 Å². The third-order valence-electron chi connectivity index (χ3n) is 5.52. The lowest BCUT2D eigenvalue weighted by Gasteiger charge is -2.11. The number of carbonyl (C=O) groups is 1. The minimum Gasteiger partial charge on any atom is -0.292 e. The highest BCUT2D eigenvalue weighted by atomic mass is 16.2. The Balaban J connectivity index is 1.64. The molecule has 0 radical (unpaired) electrons. The summed E-state index contributed by atoms with van der Waals surface area (Å²) in [6.45, 7) is 6.57. The highest BCUT2D eigenvalue weighted by Crippen LogP contribution is 2.26. The van der Waals surface area contributed by atoms with Gasteiger partial charge >= 0.3 is 5.69 Å². The van der Waals surface area contributed by atoms with Crippen molar-refractivity contribution in [3.8, 4) is 16.8 Å². The molecule has 0 unspecified atom stereocenters. The lowest BCUT2D eigenvalue weighted by atomic mass is 10.0. The predicted octanol–water partition coefficient (Wildman–Crippen LogP) is 3.98. The molecule has 2 heterocycles. The molecular weight excluding hydrogens is 416 g/mol. The lowest BCUT2D eigenvalue weighted by Crippen LogP contribution is -2.29. The Labute approximate surface area is 192 Å². The molecule has 0 bridgehead atoms. The summed E-state index contributed by atoms with van der Waals surface area (Å²) >= 11 is 0. The summed E-state index contributed by atoms with van der Waals surface area (Å²) in [7, 11) is 0. The quantitative estimate of drug-likeness (QED) is 0.410. The first kappa shape index (κ1) is 22.4. The van der Waals surface area contributed by atoms with Gasteiger partial charge in [0.2, 0.25) is 5.91 Å². The SMILES string of the molecule is CCCC(=O)n1cc(CC(C)C)n(Cc2ccc(-c3ccccc3-n3cnnn3)cc2)c1=O. The van der Waals surface area contributed by atoms with Crippen LogP contribution in [0.15, 0.2) is 65.8 Å². The number of rotatable bonds is 8. The van der Waals surface area contributed by atoms with Gasteiger partial charge in [0.15, 0.2) is 0 Å². The molecular formula is C25H28N6O2. The van der Waals surface area contributed by atoms with Crippen molar-refractivity contribution in [2.45, 2.75) is 46.6 Å². The number of para-hydroxylation sites is 1. The highest BCUT2D eigenvalue weighted by molar-refractivity contribution is 5.78. The number of aromatic nitrogens is 6. The van der Waals surface area contributed by atoms with Gasteiger partial charge in [0.25, 0.3) is 0 Å². The Morgan fingerprint density at radius 1 is 1.06 bits per heavy atom. The number of benzene rings is 2. The summed E-state index contributed by atoms with van der Waals surface area (Å²) < 4.78 is 4.63. The van der Waals surface area contributed by atoms with Gasteiger partial charge < -0.3 is 0 Å². The maximum absolute atomic E-state index is 13.0. The van der Waals surface area contributed by atoms with Gasteiger partial charge in [-0.05, 0) is 46.4 Å². The van der Waals surface area contributed by atoms with Crippen LogP contribution in [0.2, 0.25) is 0 Å². The molecule has 0 saturated heterocycles. The van der Waals surface area contributed by atoms with Crippen molar-refractivity contribution < 1.29 is 4.79 Å². The van der Waals surface area contributed by atoms with Gasteiger partial charge in [-0.15, -0.1) is 5.10 Å². The van der Waals surface area contributed by atoms with Crippen LogP contribution in [-0.2, 0) is 13.0 Å². The number of hydrogen-bond acceptors (Lipinski definition) is 5. The number of nitrogens with zero attached hydrogens (tertiary/aromatic N) is 6. The molecule has 8 nitrogen and oxygen atoms in total. The maximum Gasteiger partial charge on any atom is 0.335 e. The average molecular weight is 445 g/mol. The van der Waals surface area contributed by atoms with E-state index in [0.29, 0.717) is 25.3 Å². The number of tetrazole rings is 1. The minimum atomic E-state index is -0.266. The minimum absolute atomic E-state index is 0.152. The van der Waals surface area contributed by atoms with Crippen LogP contribution in [0.1, 0.15) is 49.7 Å². The van der Waals surface area contributed by atoms with Gasteiger partial charge in [0.05, 0.1) is 12.2 Å². The van der Waals surface area contributed by atoms with E-state index in [0.717, 1.165) is 34.5 Å². The van der Waals surface area contributed by atoms with Crippen molar-refractivity contribution in [3.05, 3.63) is 82.8 Å². The van der Waals surface area contributed by atoms with Crippen molar-refractivity contribution in [1.29, 1.82) is 0 Å². The van der Waals surface area contributed by atoms with Crippen molar-refractivity contribution in [2.24, 2.45) is 5.92 Å². The summed E-state index contributed by atoms with van der Waals surface area (Å²) in [5, 5.41) is 11.5. The van der Waals surface area contributed by atoms with Crippen LogP contribution in [0.4, 0.5) is 0 Å². The summed E-state index contributed by atoms with van der Waals surface area (Å²) in [5.74, 6) is 0.221. The summed E-state index contributed by atoms with van der Waals surface area (Å²) in [4.78, 5) is 25.5. The van der Waals surface area contributed by atoms with Crippen molar-refractivity contribution in [1.82, 2.24) is 29.3 Å². The van der Waals surface area contributed by atoms with Crippen molar-refractivity contribution >= 4 is 5.91 Å². The van der Waals surface area contributed by atoms with E-state index < -0.39 is 0 Å². The largest absolute Gasteiger partial charge is 0.335 e. The van der Waals surface area contributed by atoms with Crippen molar-refractivity contribution in [2.75, 3.05) is 0 Å². The molecule has 0 saturated carbocycles. The standard InChI is InChI=1S/C25H28N6O2/c1-4-7-24(32)30-16-21(14-18(2)3)29(25(30)33)15-19-10-12-20(13-11-19)22-8-5-6-9-23(22)31-17-26-27-28-31/h5-6,8-13,16-18H,4,7,14-15H2,1-3H3. The second kappa shape index (κ2) is 9.77. The fourth-order valence-corrected chi connectivity index (χ4v) is 3.95. The van der Waals surface area contributed by atoms with Gasteiger partial charge in [-0.1, -0.05) is 63.2 Å². The van der Waals surface area contributed by atoms with Crippen molar-refractivity contribution in [3.63, 3.8) is 0 Å². The maximum atomic E-state index is 13.0. The molecule has 0 amide bonds. The Hall–Kier alpha value is -3.81. The first-order valence-corrected chi connectivity index (χ1v) is 11.2. The third-order valence-corrected chi connectivity index (χ3v) is 5.52. The van der Waals surface area contributed by atoms with E-state index in [1.165, 1.54) is 4.57 Å². The predicted molar refractivity (Wildman–Crippen MR) is 126 cm³/mol. The zero-order valence-electron chi connectivity index (χ0n) is 19.2. The molecule has 170 valence electrons. The van der Waals surface area contributed by atoms with Crippen LogP contribution >= 0.6 is 0 Å². The highest BCUT2D eigenvalue weighted by Gasteiger charge is 2.17. The summed E-state index contributed by atoms with van der Waals surface area (Å²) in [5.41, 5.74) is 4.52. The Kier molecular flexibility index (Phi) is 6.63. The Morgan fingerprint density at radius 2 is 1.82 bits per heavy atom. The molecule has 0 N–H and O–H groups in total. The Morgan fingerprint density at radius 3 is 2.48 bits per heavy atom. The molecule has 8 heteroatoms. The third kappa shape index (κ3) is 4.84. The second-order valence-corrected chi connectivity index (χ2v) is 8.57. The molecule has 0 aliphatic heterocycles. The Bertz CT molecular complexity index is 1280. The average Bonchev–Trinajstić information content (AvgIpc) is 3.44. The van der Waals surface area contributed by atoms with Crippen LogP contribution in [0, 0.1) is 5.92 Å². The fraction of sp³-hybridized carbons (Fsp3) is 0.320. The molecule has 2 aromatic carbocycles. The molecule has 0 spiro atoms. The molecule has 33 heavy (non-hydrogen) atoms. The van der Waals surface area contributed by atoms with E-state index in [2.05, 4.69) is 29.4 Å². The molecule has 0 aliphatic rings. The number of hydrogen-bond donors (Lipinski definition) is 0. The fourth-order valence-electron chi connectivity index (χ4n) is 3.95. The monoisotopic (exact) mass is 444 g/mol. The molecule has 4 rings (SSSR count). The molecule has 2 aromatic heterocycles. The topological polar surface area (TPSA) is 87.6 Å². The molecule has 0 atom stereocenters. The van der Waals surface area contributed by atoms with Crippen LogP contribution < -0.4 is 5.69 Å². The van der Waals surface area contributed by atoms with Gasteiger partial charge in [-0.3, -0.25) is 9.36 Å². The van der Waals surface area contributed by atoms with Crippen LogP contribution in [-0.4, -0.2) is 35.2 Å². The van der Waals surface area contributed by atoms with Crippen LogP contribution in [0.5, 0.6) is 0 Å². The van der Waals surface area contributed by atoms with Gasteiger partial charge in [-0.25, -0.2) is 9.36 Å². The number of carbonyl (C=O) groups excluding carboxylic acids is 1. The first-order valence-electron chi connectivity index (χ1n) is 11.2. The van der Waals surface area contributed by atoms with Crippen LogP contribution in [0.3, 0.4) is 0 Å². The summed E-state index contributed by atoms with van der Waals surface area (Å²) in [6.07, 6.45) is 5.10. The molecule has 0 fully saturated rings. The normalized spacial score (nSPS) is 11.3. The zero-order valence-corrected chi connectivity index (χ0v) is 19.2. The lowest BCUT2D eigenvalue weighted by molar-refractivity contribution is 0.0897. The van der Waals surface area contributed by atoms with E-state index in [1.807, 2.05) is 55.5 Å². The van der Waals surface area contributed by atoms with E-state index in [1.54, 1.807) is 21.8 Å². The van der Waals surface area contributed by atoms with E-state index >= 15 is 0 Å². The summed E-state index contributed by atoms with van der Waals surface area (Å²) in [6, 6.07) is 16.0. The zero-order chi connectivity index (χ0) is 23.4. The second-order valence-electron chi connectivity index (χ2n) is 8.57. The van der Waals surface area contributed by atoms with E-state index in [9.17, 15) is 9.59 Å².